The fraction of sp³-hybridized carbons (Fsp3) is 0.100. The molecule has 0 saturated heterocycles. The van der Waals surface area contributed by atoms with Crippen molar-refractivity contribution < 1.29 is 9.66 Å². The van der Waals surface area contributed by atoms with Crippen molar-refractivity contribution in [2.75, 3.05) is 0 Å². The maximum absolute atomic E-state index is 11.5. The van der Waals surface area contributed by atoms with Crippen LogP contribution < -0.4 is 10.2 Å². The molecule has 0 spiro atoms. The van der Waals surface area contributed by atoms with Crippen LogP contribution >= 0.6 is 23.3 Å². The van der Waals surface area contributed by atoms with E-state index >= 15 is 0 Å². The van der Waals surface area contributed by atoms with E-state index in [2.05, 4.69) is 8.75 Å². The minimum absolute atomic E-state index is 0.0294. The fourth-order valence-electron chi connectivity index (χ4n) is 1.34. The lowest BCUT2D eigenvalue weighted by Crippen LogP contribution is -2.07. The van der Waals surface area contributed by atoms with Crippen molar-refractivity contribution in [3.05, 3.63) is 49.3 Å². The highest BCUT2D eigenvalue weighted by atomic mass is 35.5. The van der Waals surface area contributed by atoms with Gasteiger partial charge in [0, 0.05) is 11.6 Å². The van der Waals surface area contributed by atoms with Crippen LogP contribution in [0.15, 0.2) is 23.0 Å². The van der Waals surface area contributed by atoms with Gasteiger partial charge < -0.3 is 4.74 Å². The molecule has 1 aromatic carbocycles. The van der Waals surface area contributed by atoms with E-state index in [-0.39, 0.29) is 22.5 Å². The Balaban J connectivity index is 2.34. The third kappa shape index (κ3) is 2.85. The first-order chi connectivity index (χ1) is 8.99. The van der Waals surface area contributed by atoms with Gasteiger partial charge in [0.15, 0.2) is 5.15 Å². The Labute approximate surface area is 115 Å². The van der Waals surface area contributed by atoms with Gasteiger partial charge in [-0.3, -0.25) is 14.9 Å². The number of rotatable bonds is 3. The van der Waals surface area contributed by atoms with E-state index < -0.39 is 10.4 Å². The Kier molecular flexibility index (Phi) is 3.72. The number of halogens is 1. The summed E-state index contributed by atoms with van der Waals surface area (Å²) < 4.78 is 12.5. The Hall–Kier alpha value is -2.06. The lowest BCUT2D eigenvalue weighted by Gasteiger charge is -2.04. The van der Waals surface area contributed by atoms with E-state index in [1.54, 1.807) is 6.92 Å². The van der Waals surface area contributed by atoms with E-state index in [0.717, 1.165) is 11.7 Å². The van der Waals surface area contributed by atoms with Gasteiger partial charge in [-0.1, -0.05) is 11.6 Å². The Morgan fingerprint density at radius 2 is 2.16 bits per heavy atom. The number of hydrogen-bond donors (Lipinski definition) is 0. The van der Waals surface area contributed by atoms with Crippen LogP contribution in [0.5, 0.6) is 11.6 Å². The zero-order valence-electron chi connectivity index (χ0n) is 9.49. The highest BCUT2D eigenvalue weighted by Gasteiger charge is 2.13. The smallest absolute Gasteiger partial charge is 0.283 e. The van der Waals surface area contributed by atoms with Crippen LogP contribution in [0.3, 0.4) is 0 Å². The second kappa shape index (κ2) is 5.29. The topological polar surface area (TPSA) is 95.2 Å². The van der Waals surface area contributed by atoms with Crippen LogP contribution in [-0.4, -0.2) is 13.7 Å². The van der Waals surface area contributed by atoms with Crippen LogP contribution in [0.2, 0.25) is 5.15 Å². The summed E-state index contributed by atoms with van der Waals surface area (Å²) >= 11 is 6.29. The van der Waals surface area contributed by atoms with Gasteiger partial charge in [0.25, 0.3) is 17.0 Å². The van der Waals surface area contributed by atoms with Crippen LogP contribution in [0.1, 0.15) is 5.56 Å². The van der Waals surface area contributed by atoms with E-state index in [9.17, 15) is 14.9 Å². The summed E-state index contributed by atoms with van der Waals surface area (Å²) in [6.07, 6.45) is 0. The first kappa shape index (κ1) is 13.4. The molecule has 7 nitrogen and oxygen atoms in total. The minimum Gasteiger partial charge on any atom is -0.435 e. The minimum atomic E-state index is -0.628. The van der Waals surface area contributed by atoms with Crippen molar-refractivity contribution in [2.24, 2.45) is 0 Å². The molecule has 0 aliphatic carbocycles. The molecular formula is C10H6ClN3O4S. The van der Waals surface area contributed by atoms with Crippen molar-refractivity contribution in [1.29, 1.82) is 0 Å². The fourth-order valence-corrected chi connectivity index (χ4v) is 1.90. The van der Waals surface area contributed by atoms with Crippen molar-refractivity contribution in [2.45, 2.75) is 6.92 Å². The molecule has 0 amide bonds. The summed E-state index contributed by atoms with van der Waals surface area (Å²) in [5.41, 5.74) is -0.242. The third-order valence-electron chi connectivity index (χ3n) is 2.21. The number of aromatic nitrogens is 2. The maximum atomic E-state index is 11.5. The predicted molar refractivity (Wildman–Crippen MR) is 69.1 cm³/mol. The van der Waals surface area contributed by atoms with Crippen LogP contribution in [0, 0.1) is 17.0 Å². The van der Waals surface area contributed by atoms with Gasteiger partial charge >= 0.3 is 0 Å². The molecule has 0 aliphatic rings. The van der Waals surface area contributed by atoms with Crippen LogP contribution in [-0.2, 0) is 0 Å². The Bertz CT molecular complexity index is 703. The monoisotopic (exact) mass is 299 g/mol. The standard InChI is InChI=1S/C10H6ClN3O4S/c1-5-4-6(2-3-7(5)14(16)17)18-10-8(15)9(11)12-19-13-10/h2-4H,1H3. The van der Waals surface area contributed by atoms with Gasteiger partial charge in [0.1, 0.15) is 5.75 Å². The number of aryl methyl sites for hydroxylation is 1. The van der Waals surface area contributed by atoms with Crippen LogP contribution in [0.4, 0.5) is 5.69 Å². The molecule has 0 bridgehead atoms. The molecule has 9 heteroatoms. The number of hydrogen-bond acceptors (Lipinski definition) is 7. The average molecular weight is 300 g/mol. The summed E-state index contributed by atoms with van der Waals surface area (Å²) in [6.45, 7) is 1.57. The number of ether oxygens (including phenoxy) is 1. The molecule has 0 N–H and O–H groups in total. The van der Waals surface area contributed by atoms with Gasteiger partial charge in [-0.25, -0.2) is 0 Å². The zero-order valence-corrected chi connectivity index (χ0v) is 11.1. The predicted octanol–water partition coefficient (Wildman–Crippen LogP) is 2.56. The largest absolute Gasteiger partial charge is 0.435 e. The molecule has 0 unspecified atom stereocenters. The molecule has 98 valence electrons. The molecule has 0 atom stereocenters. The van der Waals surface area contributed by atoms with E-state index in [1.165, 1.54) is 18.2 Å². The quantitative estimate of drug-likeness (QED) is 0.638. The number of benzene rings is 1. The van der Waals surface area contributed by atoms with E-state index in [1.807, 2.05) is 0 Å². The summed E-state index contributed by atoms with van der Waals surface area (Å²) in [7, 11) is 0. The van der Waals surface area contributed by atoms with E-state index in [0.29, 0.717) is 5.56 Å². The summed E-state index contributed by atoms with van der Waals surface area (Å²) in [6, 6.07) is 4.12. The maximum Gasteiger partial charge on any atom is 0.283 e. The lowest BCUT2D eigenvalue weighted by molar-refractivity contribution is -0.385. The van der Waals surface area contributed by atoms with Crippen molar-refractivity contribution in [1.82, 2.24) is 8.75 Å². The Morgan fingerprint density at radius 3 is 2.79 bits per heavy atom. The van der Waals surface area contributed by atoms with Gasteiger partial charge in [-0.05, 0) is 19.1 Å². The molecule has 0 radical (unpaired) electrons. The molecule has 1 heterocycles. The number of nitro benzene ring substituents is 1. The Morgan fingerprint density at radius 1 is 1.42 bits per heavy atom. The van der Waals surface area contributed by atoms with Crippen molar-refractivity contribution in [3.63, 3.8) is 0 Å². The highest BCUT2D eigenvalue weighted by molar-refractivity contribution is 6.99. The summed E-state index contributed by atoms with van der Waals surface area (Å²) in [5, 5.41) is 10.4. The first-order valence-electron chi connectivity index (χ1n) is 4.94. The lowest BCUT2D eigenvalue weighted by atomic mass is 10.2. The molecule has 19 heavy (non-hydrogen) atoms. The normalized spacial score (nSPS) is 10.2. The van der Waals surface area contributed by atoms with Gasteiger partial charge in [0.05, 0.1) is 16.7 Å². The molecule has 2 aromatic rings. The summed E-state index contributed by atoms with van der Waals surface area (Å²) in [4.78, 5) is 21.7. The molecule has 2 rings (SSSR count). The molecular weight excluding hydrogens is 294 g/mol. The van der Waals surface area contributed by atoms with E-state index in [4.69, 9.17) is 16.3 Å². The van der Waals surface area contributed by atoms with Gasteiger partial charge in [-0.15, -0.1) is 4.37 Å². The number of nitrogens with zero attached hydrogens (tertiary/aromatic N) is 3. The van der Waals surface area contributed by atoms with Gasteiger partial charge in [0.2, 0.25) is 0 Å². The molecule has 0 aliphatic heterocycles. The average Bonchev–Trinajstić information content (AvgIpc) is 2.34. The SMILES string of the molecule is Cc1cc(Oc2nsnc(Cl)c2=O)ccc1[N+](=O)[O-]. The number of nitro groups is 1. The van der Waals surface area contributed by atoms with Crippen molar-refractivity contribution in [3.8, 4) is 11.6 Å². The third-order valence-corrected chi connectivity index (χ3v) is 3.07. The zero-order chi connectivity index (χ0) is 14.0. The molecule has 0 saturated carbocycles. The highest BCUT2D eigenvalue weighted by Crippen LogP contribution is 2.25. The second-order valence-corrected chi connectivity index (χ2v) is 4.38. The molecule has 0 fully saturated rings. The summed E-state index contributed by atoms with van der Waals surface area (Å²) in [5.74, 6) is 0.0559. The van der Waals surface area contributed by atoms with Crippen LogP contribution in [0.25, 0.3) is 0 Å². The first-order valence-corrected chi connectivity index (χ1v) is 6.05. The van der Waals surface area contributed by atoms with Crippen molar-refractivity contribution >= 4 is 29.0 Å². The second-order valence-electron chi connectivity index (χ2n) is 3.50. The molecule has 1 aromatic heterocycles. The van der Waals surface area contributed by atoms with Gasteiger partial charge in [-0.2, -0.15) is 4.37 Å².